The van der Waals surface area contributed by atoms with Crippen LogP contribution in [0.5, 0.6) is 0 Å². The molecule has 1 aromatic carbocycles. The van der Waals surface area contributed by atoms with Gasteiger partial charge in [0.05, 0.1) is 0 Å². The average molecular weight is 283 g/mol. The molecule has 90 valence electrons. The topological polar surface area (TPSA) is 0 Å². The fourth-order valence-corrected chi connectivity index (χ4v) is 2.71. The first-order valence-corrected chi connectivity index (χ1v) is 7.39. The predicted octanol–water partition coefficient (Wildman–Crippen LogP) is 5.14. The van der Waals surface area contributed by atoms with Crippen molar-refractivity contribution in [3.8, 4) is 0 Å². The Morgan fingerprint density at radius 2 is 1.62 bits per heavy atom. The van der Waals surface area contributed by atoms with Crippen LogP contribution in [0.1, 0.15) is 50.7 Å². The van der Waals surface area contributed by atoms with E-state index in [1.165, 1.54) is 43.2 Å². The molecule has 0 amide bonds. The van der Waals surface area contributed by atoms with Crippen LogP contribution < -0.4 is 0 Å². The summed E-state index contributed by atoms with van der Waals surface area (Å²) in [6, 6.07) is 9.07. The largest absolute Gasteiger partial charge is 0.0891 e. The third-order valence-electron chi connectivity index (χ3n) is 3.02. The summed E-state index contributed by atoms with van der Waals surface area (Å²) < 4.78 is 0. The lowest BCUT2D eigenvalue weighted by Gasteiger charge is -2.08. The van der Waals surface area contributed by atoms with Crippen LogP contribution in [0.2, 0.25) is 0 Å². The van der Waals surface area contributed by atoms with Gasteiger partial charge in [0.1, 0.15) is 0 Å². The smallest absolute Gasteiger partial charge is 0.0145 e. The summed E-state index contributed by atoms with van der Waals surface area (Å²) >= 11 is 3.73. The molecule has 0 fully saturated rings. The molecule has 0 heterocycles. The zero-order chi connectivity index (χ0) is 11.8. The van der Waals surface area contributed by atoms with Gasteiger partial charge < -0.3 is 0 Å². The second kappa shape index (κ2) is 7.89. The quantitative estimate of drug-likeness (QED) is 0.608. The van der Waals surface area contributed by atoms with Crippen molar-refractivity contribution in [2.45, 2.75) is 57.2 Å². The van der Waals surface area contributed by atoms with Gasteiger partial charge in [0.15, 0.2) is 0 Å². The van der Waals surface area contributed by atoms with Crippen molar-refractivity contribution in [2.24, 2.45) is 0 Å². The van der Waals surface area contributed by atoms with Crippen molar-refractivity contribution in [1.82, 2.24) is 0 Å². The van der Waals surface area contributed by atoms with E-state index < -0.39 is 0 Å². The van der Waals surface area contributed by atoms with E-state index in [0.29, 0.717) is 4.83 Å². The monoisotopic (exact) mass is 282 g/mol. The minimum Gasteiger partial charge on any atom is -0.0891 e. The van der Waals surface area contributed by atoms with Crippen LogP contribution in [-0.4, -0.2) is 4.83 Å². The minimum atomic E-state index is 0.715. The lowest BCUT2D eigenvalue weighted by atomic mass is 10.0. The highest BCUT2D eigenvalue weighted by Crippen LogP contribution is 2.16. The number of halogens is 1. The molecule has 16 heavy (non-hydrogen) atoms. The van der Waals surface area contributed by atoms with E-state index in [4.69, 9.17) is 0 Å². The molecule has 0 aliphatic heterocycles. The fraction of sp³-hybridized carbons (Fsp3) is 0.600. The second-order valence-corrected chi connectivity index (χ2v) is 5.74. The molecule has 0 bridgehead atoms. The highest BCUT2D eigenvalue weighted by molar-refractivity contribution is 9.09. The number of benzene rings is 1. The number of hydrogen-bond acceptors (Lipinski definition) is 0. The Kier molecular flexibility index (Phi) is 6.79. The first kappa shape index (κ1) is 13.8. The Morgan fingerprint density at radius 1 is 1.00 bits per heavy atom. The van der Waals surface area contributed by atoms with E-state index in [1.54, 1.807) is 0 Å². The van der Waals surface area contributed by atoms with Crippen molar-refractivity contribution in [3.63, 3.8) is 0 Å². The third kappa shape index (κ3) is 5.16. The van der Waals surface area contributed by atoms with Crippen molar-refractivity contribution < 1.29 is 0 Å². The summed E-state index contributed by atoms with van der Waals surface area (Å²) in [6.07, 6.45) is 7.52. The van der Waals surface area contributed by atoms with Crippen molar-refractivity contribution in [3.05, 3.63) is 35.4 Å². The lowest BCUT2D eigenvalue weighted by Crippen LogP contribution is -1.98. The molecule has 1 rings (SSSR count). The fourth-order valence-electron chi connectivity index (χ4n) is 1.93. The number of rotatable bonds is 7. The van der Waals surface area contributed by atoms with E-state index in [0.717, 1.165) is 6.42 Å². The van der Waals surface area contributed by atoms with Crippen LogP contribution in [0.15, 0.2) is 24.3 Å². The molecule has 1 unspecified atom stereocenters. The predicted molar refractivity (Wildman–Crippen MR) is 76.4 cm³/mol. The van der Waals surface area contributed by atoms with E-state index in [2.05, 4.69) is 54.0 Å². The third-order valence-corrected chi connectivity index (χ3v) is 3.93. The standard InChI is InChI=1S/C15H23Br/c1-3-6-15(16)8-5-7-14-11-9-13(4-2)10-12-14/h9-12,15H,3-8H2,1-2H3. The summed E-state index contributed by atoms with van der Waals surface area (Å²) in [4.78, 5) is 0.715. The molecule has 1 heteroatoms. The Hall–Kier alpha value is -0.300. The van der Waals surface area contributed by atoms with Crippen LogP contribution in [0.25, 0.3) is 0 Å². The van der Waals surface area contributed by atoms with Gasteiger partial charge in [0, 0.05) is 4.83 Å². The first-order chi connectivity index (χ1) is 7.76. The van der Waals surface area contributed by atoms with E-state index in [9.17, 15) is 0 Å². The SMILES string of the molecule is CCCC(Br)CCCc1ccc(CC)cc1. The summed E-state index contributed by atoms with van der Waals surface area (Å²) in [5, 5.41) is 0. The zero-order valence-corrected chi connectivity index (χ0v) is 12.1. The Labute approximate surface area is 109 Å². The summed E-state index contributed by atoms with van der Waals surface area (Å²) in [5.41, 5.74) is 2.92. The highest BCUT2D eigenvalue weighted by Gasteiger charge is 2.02. The van der Waals surface area contributed by atoms with Gasteiger partial charge in [-0.25, -0.2) is 0 Å². The maximum absolute atomic E-state index is 3.73. The number of alkyl halides is 1. The van der Waals surface area contributed by atoms with Crippen LogP contribution >= 0.6 is 15.9 Å². The Morgan fingerprint density at radius 3 is 2.19 bits per heavy atom. The van der Waals surface area contributed by atoms with Gasteiger partial charge in [0.25, 0.3) is 0 Å². The molecular formula is C15H23Br. The molecule has 1 atom stereocenters. The molecule has 0 saturated carbocycles. The lowest BCUT2D eigenvalue weighted by molar-refractivity contribution is 0.655. The zero-order valence-electron chi connectivity index (χ0n) is 10.5. The van der Waals surface area contributed by atoms with E-state index in [-0.39, 0.29) is 0 Å². The van der Waals surface area contributed by atoms with E-state index >= 15 is 0 Å². The molecule has 0 radical (unpaired) electrons. The summed E-state index contributed by atoms with van der Waals surface area (Å²) in [6.45, 7) is 4.45. The maximum Gasteiger partial charge on any atom is 0.0145 e. The van der Waals surface area contributed by atoms with Crippen LogP contribution in [0.4, 0.5) is 0 Å². The average Bonchev–Trinajstić information content (AvgIpc) is 2.30. The molecule has 0 N–H and O–H groups in total. The maximum atomic E-state index is 3.73. The van der Waals surface area contributed by atoms with Gasteiger partial charge in [-0.05, 0) is 43.2 Å². The molecule has 1 aromatic rings. The van der Waals surface area contributed by atoms with Gasteiger partial charge in [-0.3, -0.25) is 0 Å². The Balaban J connectivity index is 2.26. The normalized spacial score (nSPS) is 12.7. The molecule has 0 aliphatic rings. The van der Waals surface area contributed by atoms with Gasteiger partial charge in [0.2, 0.25) is 0 Å². The van der Waals surface area contributed by atoms with Crippen LogP contribution in [-0.2, 0) is 12.8 Å². The minimum absolute atomic E-state index is 0.715. The first-order valence-electron chi connectivity index (χ1n) is 6.48. The summed E-state index contributed by atoms with van der Waals surface area (Å²) in [5.74, 6) is 0. The molecule has 0 nitrogen and oxygen atoms in total. The van der Waals surface area contributed by atoms with Crippen LogP contribution in [0, 0.1) is 0 Å². The van der Waals surface area contributed by atoms with Gasteiger partial charge >= 0.3 is 0 Å². The van der Waals surface area contributed by atoms with Crippen molar-refractivity contribution >= 4 is 15.9 Å². The van der Waals surface area contributed by atoms with E-state index in [1.807, 2.05) is 0 Å². The second-order valence-electron chi connectivity index (χ2n) is 4.45. The molecule has 0 aliphatic carbocycles. The van der Waals surface area contributed by atoms with Gasteiger partial charge in [-0.1, -0.05) is 60.5 Å². The summed E-state index contributed by atoms with van der Waals surface area (Å²) in [7, 11) is 0. The Bertz CT molecular complexity index is 276. The molecule has 0 aromatic heterocycles. The highest BCUT2D eigenvalue weighted by atomic mass is 79.9. The van der Waals surface area contributed by atoms with Crippen molar-refractivity contribution in [1.29, 1.82) is 0 Å². The number of hydrogen-bond donors (Lipinski definition) is 0. The molecule has 0 spiro atoms. The molecule has 0 saturated heterocycles. The number of aryl methyl sites for hydroxylation is 2. The molecular weight excluding hydrogens is 260 g/mol. The van der Waals surface area contributed by atoms with Crippen molar-refractivity contribution in [2.75, 3.05) is 0 Å². The van der Waals surface area contributed by atoms with Gasteiger partial charge in [-0.15, -0.1) is 0 Å². The van der Waals surface area contributed by atoms with Crippen LogP contribution in [0.3, 0.4) is 0 Å². The van der Waals surface area contributed by atoms with Gasteiger partial charge in [-0.2, -0.15) is 0 Å².